The Hall–Kier alpha value is -2.62. The average molecular weight is 320 g/mol. The van der Waals surface area contributed by atoms with Gasteiger partial charge in [0.25, 0.3) is 5.91 Å². The summed E-state index contributed by atoms with van der Waals surface area (Å²) in [5.74, 6) is -0.140. The molecule has 24 heavy (non-hydrogen) atoms. The summed E-state index contributed by atoms with van der Waals surface area (Å²) in [5.41, 5.74) is 1.72. The van der Waals surface area contributed by atoms with Crippen LogP contribution < -0.4 is 10.6 Å². The molecule has 2 aliphatic rings. The maximum absolute atomic E-state index is 12.9. The van der Waals surface area contributed by atoms with Crippen LogP contribution in [0.3, 0.4) is 0 Å². The molecular formula is C20H20N2O2. The summed E-state index contributed by atoms with van der Waals surface area (Å²) in [6.45, 7) is 0. The molecule has 2 amide bonds. The summed E-state index contributed by atoms with van der Waals surface area (Å²) in [6.07, 6.45) is 3.77. The van der Waals surface area contributed by atoms with Crippen molar-refractivity contribution in [1.29, 1.82) is 0 Å². The number of carbonyl (C=O) groups excluding carboxylic acids is 2. The highest BCUT2D eigenvalue weighted by atomic mass is 16.2. The van der Waals surface area contributed by atoms with E-state index < -0.39 is 5.41 Å². The highest BCUT2D eigenvalue weighted by Crippen LogP contribution is 2.49. The molecule has 2 aromatic rings. The van der Waals surface area contributed by atoms with Gasteiger partial charge in [0, 0.05) is 6.04 Å². The van der Waals surface area contributed by atoms with E-state index in [1.807, 2.05) is 42.5 Å². The first-order chi connectivity index (χ1) is 11.7. The van der Waals surface area contributed by atoms with E-state index >= 15 is 0 Å². The van der Waals surface area contributed by atoms with Crippen LogP contribution in [0, 0.1) is 0 Å². The number of nitrogens with one attached hydrogen (secondary N) is 2. The molecule has 4 heteroatoms. The molecule has 2 N–H and O–H groups in total. The van der Waals surface area contributed by atoms with Crippen molar-refractivity contribution >= 4 is 17.5 Å². The lowest BCUT2D eigenvalue weighted by Gasteiger charge is -2.17. The second-order valence-corrected chi connectivity index (χ2v) is 6.70. The van der Waals surface area contributed by atoms with Crippen LogP contribution >= 0.6 is 0 Å². The first-order valence-electron chi connectivity index (χ1n) is 8.46. The summed E-state index contributed by atoms with van der Waals surface area (Å²) in [5, 5.41) is 5.97. The Morgan fingerprint density at radius 3 is 2.25 bits per heavy atom. The Kier molecular flexibility index (Phi) is 3.60. The van der Waals surface area contributed by atoms with Crippen molar-refractivity contribution < 1.29 is 9.59 Å². The van der Waals surface area contributed by atoms with Gasteiger partial charge in [-0.15, -0.1) is 0 Å². The number of anilines is 1. The van der Waals surface area contributed by atoms with Gasteiger partial charge in [0.2, 0.25) is 5.91 Å². The molecule has 0 unspecified atom stereocenters. The van der Waals surface area contributed by atoms with E-state index in [1.165, 1.54) is 0 Å². The van der Waals surface area contributed by atoms with E-state index in [1.54, 1.807) is 12.1 Å². The normalized spacial score (nSPS) is 17.8. The Balaban J connectivity index is 1.55. The molecule has 2 aliphatic carbocycles. The first kappa shape index (κ1) is 14.9. The average Bonchev–Trinajstić information content (AvgIpc) is 3.51. The van der Waals surface area contributed by atoms with E-state index in [4.69, 9.17) is 0 Å². The lowest BCUT2D eigenvalue weighted by atomic mass is 9.95. The van der Waals surface area contributed by atoms with Crippen LogP contribution in [0.25, 0.3) is 0 Å². The molecule has 0 bridgehead atoms. The van der Waals surface area contributed by atoms with Gasteiger partial charge in [0.1, 0.15) is 0 Å². The molecule has 0 atom stereocenters. The molecule has 2 aromatic carbocycles. The van der Waals surface area contributed by atoms with Gasteiger partial charge in [-0.25, -0.2) is 0 Å². The van der Waals surface area contributed by atoms with Gasteiger partial charge in [-0.05, 0) is 43.4 Å². The molecular weight excluding hydrogens is 300 g/mol. The third-order valence-corrected chi connectivity index (χ3v) is 4.84. The van der Waals surface area contributed by atoms with Gasteiger partial charge >= 0.3 is 0 Å². The summed E-state index contributed by atoms with van der Waals surface area (Å²) < 4.78 is 0. The van der Waals surface area contributed by atoms with Gasteiger partial charge in [-0.2, -0.15) is 0 Å². The van der Waals surface area contributed by atoms with Crippen molar-refractivity contribution in [2.75, 3.05) is 5.32 Å². The number of rotatable bonds is 5. The fourth-order valence-electron chi connectivity index (χ4n) is 3.05. The van der Waals surface area contributed by atoms with Crippen LogP contribution in [0.15, 0.2) is 54.6 Å². The zero-order valence-corrected chi connectivity index (χ0v) is 13.4. The topological polar surface area (TPSA) is 58.2 Å². The number of hydrogen-bond acceptors (Lipinski definition) is 2. The number of amides is 2. The van der Waals surface area contributed by atoms with Crippen LogP contribution in [-0.4, -0.2) is 17.9 Å². The third kappa shape index (κ3) is 2.80. The number of para-hydroxylation sites is 1. The smallest absolute Gasteiger partial charge is 0.253 e. The monoisotopic (exact) mass is 320 g/mol. The molecule has 0 aliphatic heterocycles. The van der Waals surface area contributed by atoms with Gasteiger partial charge < -0.3 is 10.6 Å². The molecule has 0 spiro atoms. The largest absolute Gasteiger partial charge is 0.349 e. The van der Waals surface area contributed by atoms with E-state index in [9.17, 15) is 9.59 Å². The third-order valence-electron chi connectivity index (χ3n) is 4.84. The molecule has 4 nitrogen and oxygen atoms in total. The highest BCUT2D eigenvalue weighted by molar-refractivity contribution is 6.07. The van der Waals surface area contributed by atoms with Gasteiger partial charge in [-0.3, -0.25) is 9.59 Å². The van der Waals surface area contributed by atoms with Crippen LogP contribution in [0.2, 0.25) is 0 Å². The standard InChI is InChI=1S/C20H20N2O2/c23-18(21-15-10-11-15)16-8-4-5-9-17(16)22-19(24)20(12-13-20)14-6-2-1-3-7-14/h1-9,15H,10-13H2,(H,21,23)(H,22,24). The maximum Gasteiger partial charge on any atom is 0.253 e. The Morgan fingerprint density at radius 2 is 1.58 bits per heavy atom. The quantitative estimate of drug-likeness (QED) is 0.888. The van der Waals surface area contributed by atoms with Crippen LogP contribution in [0.5, 0.6) is 0 Å². The Bertz CT molecular complexity index is 777. The van der Waals surface area contributed by atoms with Crippen molar-refractivity contribution in [2.24, 2.45) is 0 Å². The van der Waals surface area contributed by atoms with Crippen molar-refractivity contribution in [1.82, 2.24) is 5.32 Å². The van der Waals surface area contributed by atoms with Crippen molar-refractivity contribution in [3.8, 4) is 0 Å². The summed E-state index contributed by atoms with van der Waals surface area (Å²) in [4.78, 5) is 25.2. The molecule has 0 aromatic heterocycles. The molecule has 0 saturated heterocycles. The minimum Gasteiger partial charge on any atom is -0.349 e. The summed E-state index contributed by atoms with van der Waals surface area (Å²) in [7, 11) is 0. The number of benzene rings is 2. The number of carbonyl (C=O) groups is 2. The summed E-state index contributed by atoms with van der Waals surface area (Å²) in [6, 6.07) is 17.4. The van der Waals surface area contributed by atoms with Crippen molar-refractivity contribution in [3.05, 3.63) is 65.7 Å². The van der Waals surface area contributed by atoms with Crippen LogP contribution in [0.4, 0.5) is 5.69 Å². The second kappa shape index (κ2) is 5.78. The zero-order valence-electron chi connectivity index (χ0n) is 13.4. The fraction of sp³-hybridized carbons (Fsp3) is 0.300. The lowest BCUT2D eigenvalue weighted by molar-refractivity contribution is -0.118. The van der Waals surface area contributed by atoms with Crippen molar-refractivity contribution in [2.45, 2.75) is 37.1 Å². The highest BCUT2D eigenvalue weighted by Gasteiger charge is 2.51. The van der Waals surface area contributed by atoms with Crippen LogP contribution in [-0.2, 0) is 10.2 Å². The molecule has 122 valence electrons. The number of hydrogen-bond donors (Lipinski definition) is 2. The zero-order chi connectivity index (χ0) is 16.6. The predicted molar refractivity (Wildman–Crippen MR) is 92.9 cm³/mol. The fourth-order valence-corrected chi connectivity index (χ4v) is 3.05. The van der Waals surface area contributed by atoms with E-state index in [0.29, 0.717) is 17.3 Å². The molecule has 4 rings (SSSR count). The van der Waals surface area contributed by atoms with E-state index in [2.05, 4.69) is 10.6 Å². The van der Waals surface area contributed by atoms with Crippen molar-refractivity contribution in [3.63, 3.8) is 0 Å². The Labute approximate surface area is 141 Å². The minimum absolute atomic E-state index is 0.0274. The van der Waals surface area contributed by atoms with Gasteiger partial charge in [0.15, 0.2) is 0 Å². The van der Waals surface area contributed by atoms with Gasteiger partial charge in [-0.1, -0.05) is 42.5 Å². The van der Waals surface area contributed by atoms with E-state index in [0.717, 1.165) is 31.2 Å². The van der Waals surface area contributed by atoms with Gasteiger partial charge in [0.05, 0.1) is 16.7 Å². The SMILES string of the molecule is O=C(NC1CC1)c1ccccc1NC(=O)C1(c2ccccc2)CC1. The molecule has 2 saturated carbocycles. The maximum atomic E-state index is 12.9. The summed E-state index contributed by atoms with van der Waals surface area (Å²) >= 11 is 0. The molecule has 0 heterocycles. The lowest BCUT2D eigenvalue weighted by Crippen LogP contribution is -2.30. The minimum atomic E-state index is -0.443. The predicted octanol–water partition coefficient (Wildman–Crippen LogP) is 3.25. The second-order valence-electron chi connectivity index (χ2n) is 6.70. The Morgan fingerprint density at radius 1 is 0.917 bits per heavy atom. The first-order valence-corrected chi connectivity index (χ1v) is 8.46. The molecule has 0 radical (unpaired) electrons. The molecule has 2 fully saturated rings. The van der Waals surface area contributed by atoms with Crippen LogP contribution in [0.1, 0.15) is 41.6 Å². The van der Waals surface area contributed by atoms with E-state index in [-0.39, 0.29) is 11.8 Å².